The van der Waals surface area contributed by atoms with Gasteiger partial charge < -0.3 is 15.4 Å². The van der Waals surface area contributed by atoms with Gasteiger partial charge in [0.15, 0.2) is 0 Å². The molecule has 22 heavy (non-hydrogen) atoms. The van der Waals surface area contributed by atoms with Gasteiger partial charge in [-0.25, -0.2) is 0 Å². The van der Waals surface area contributed by atoms with Gasteiger partial charge in [0.25, 0.3) is 5.91 Å². The zero-order chi connectivity index (χ0) is 15.9. The van der Waals surface area contributed by atoms with Crippen LogP contribution in [0.3, 0.4) is 0 Å². The van der Waals surface area contributed by atoms with Gasteiger partial charge in [-0.3, -0.25) is 4.79 Å². The summed E-state index contributed by atoms with van der Waals surface area (Å²) >= 11 is 0. The second-order valence-electron chi connectivity index (χ2n) is 5.85. The molecule has 1 aliphatic heterocycles. The molecule has 1 heterocycles. The van der Waals surface area contributed by atoms with E-state index in [0.29, 0.717) is 31.5 Å². The summed E-state index contributed by atoms with van der Waals surface area (Å²) in [5.41, 5.74) is 7.18. The number of hydrogen-bond donors (Lipinski definition) is 1. The molecule has 0 bridgehead atoms. The number of nitrogens with zero attached hydrogens (tertiary/aromatic N) is 1. The third-order valence-electron chi connectivity index (χ3n) is 4.32. The Morgan fingerprint density at radius 2 is 2.18 bits per heavy atom. The number of likely N-dealkylation sites (tertiary alicyclic amines) is 1. The quantitative estimate of drug-likeness (QED) is 0.620. The largest absolute Gasteiger partial charge is 0.368 e. The number of nitrogens with two attached hydrogens (primary N) is 1. The zero-order valence-electron chi connectivity index (χ0n) is 13.3. The van der Waals surface area contributed by atoms with Crippen molar-refractivity contribution in [3.05, 3.63) is 48.6 Å². The van der Waals surface area contributed by atoms with Crippen molar-refractivity contribution in [2.24, 2.45) is 11.7 Å². The van der Waals surface area contributed by atoms with Crippen LogP contribution in [0.4, 0.5) is 0 Å². The van der Waals surface area contributed by atoms with E-state index >= 15 is 0 Å². The van der Waals surface area contributed by atoms with Crippen LogP contribution < -0.4 is 5.73 Å². The molecule has 1 amide bonds. The third-order valence-corrected chi connectivity index (χ3v) is 4.32. The van der Waals surface area contributed by atoms with Crippen molar-refractivity contribution in [2.75, 3.05) is 26.2 Å². The number of carbonyl (C=O) groups is 1. The molecule has 1 saturated heterocycles. The molecule has 1 aliphatic rings. The van der Waals surface area contributed by atoms with Crippen molar-refractivity contribution in [1.82, 2.24) is 4.90 Å². The summed E-state index contributed by atoms with van der Waals surface area (Å²) in [7, 11) is 0. The molecule has 1 aromatic rings. The molecular formula is C18H26N2O2. The Morgan fingerprint density at radius 3 is 2.82 bits per heavy atom. The summed E-state index contributed by atoms with van der Waals surface area (Å²) in [4.78, 5) is 14.4. The van der Waals surface area contributed by atoms with Crippen LogP contribution in [0.25, 0.3) is 0 Å². The average molecular weight is 302 g/mol. The summed E-state index contributed by atoms with van der Waals surface area (Å²) in [6.45, 7) is 8.03. The van der Waals surface area contributed by atoms with Crippen molar-refractivity contribution < 1.29 is 9.53 Å². The average Bonchev–Trinajstić information content (AvgIpc) is 2.99. The Morgan fingerprint density at radius 1 is 1.45 bits per heavy atom. The van der Waals surface area contributed by atoms with E-state index in [1.54, 1.807) is 6.08 Å². The molecule has 4 heteroatoms. The SMILES string of the molecule is C=CCCOC(C)C(=O)N1C[C@@H](CN)[C@H](c2ccccc2)C1. The fourth-order valence-corrected chi connectivity index (χ4v) is 3.02. The van der Waals surface area contributed by atoms with Gasteiger partial charge in [0, 0.05) is 19.0 Å². The molecule has 0 aliphatic carbocycles. The zero-order valence-corrected chi connectivity index (χ0v) is 13.3. The molecule has 1 unspecified atom stereocenters. The van der Waals surface area contributed by atoms with E-state index in [4.69, 9.17) is 10.5 Å². The monoisotopic (exact) mass is 302 g/mol. The van der Waals surface area contributed by atoms with Crippen LogP contribution in [0.15, 0.2) is 43.0 Å². The first-order valence-corrected chi connectivity index (χ1v) is 7.93. The van der Waals surface area contributed by atoms with E-state index in [0.717, 1.165) is 13.0 Å². The normalized spacial score (nSPS) is 22.5. The maximum absolute atomic E-state index is 12.5. The van der Waals surface area contributed by atoms with E-state index in [9.17, 15) is 4.79 Å². The topological polar surface area (TPSA) is 55.6 Å². The van der Waals surface area contributed by atoms with Gasteiger partial charge >= 0.3 is 0 Å². The first-order valence-electron chi connectivity index (χ1n) is 7.93. The molecule has 120 valence electrons. The van der Waals surface area contributed by atoms with Gasteiger partial charge in [0.1, 0.15) is 6.10 Å². The van der Waals surface area contributed by atoms with Crippen molar-refractivity contribution in [3.63, 3.8) is 0 Å². The first-order chi connectivity index (χ1) is 10.7. The van der Waals surface area contributed by atoms with Crippen molar-refractivity contribution in [3.8, 4) is 0 Å². The lowest BCUT2D eigenvalue weighted by Crippen LogP contribution is -2.38. The number of carbonyl (C=O) groups excluding carboxylic acids is 1. The van der Waals surface area contributed by atoms with Gasteiger partial charge in [0.2, 0.25) is 0 Å². The molecule has 1 aromatic carbocycles. The summed E-state index contributed by atoms with van der Waals surface area (Å²) < 4.78 is 5.57. The molecule has 0 saturated carbocycles. The molecular weight excluding hydrogens is 276 g/mol. The highest BCUT2D eigenvalue weighted by Gasteiger charge is 2.36. The van der Waals surface area contributed by atoms with E-state index in [1.165, 1.54) is 5.56 Å². The van der Waals surface area contributed by atoms with Crippen LogP contribution in [0.2, 0.25) is 0 Å². The summed E-state index contributed by atoms with van der Waals surface area (Å²) in [5.74, 6) is 0.684. The molecule has 0 radical (unpaired) electrons. The number of hydrogen-bond acceptors (Lipinski definition) is 3. The highest BCUT2D eigenvalue weighted by atomic mass is 16.5. The summed E-state index contributed by atoms with van der Waals surface area (Å²) in [6.07, 6.45) is 2.14. The van der Waals surface area contributed by atoms with Gasteiger partial charge in [-0.2, -0.15) is 0 Å². The lowest BCUT2D eigenvalue weighted by Gasteiger charge is -2.21. The number of rotatable bonds is 7. The standard InChI is InChI=1S/C18H26N2O2/c1-3-4-10-22-14(2)18(21)20-12-16(11-19)17(13-20)15-8-6-5-7-9-15/h3,5-9,14,16-17H,1,4,10-13,19H2,2H3/t14?,16-,17+/m1/s1. The molecule has 4 nitrogen and oxygen atoms in total. The van der Waals surface area contributed by atoms with Crippen LogP contribution in [0.5, 0.6) is 0 Å². The lowest BCUT2D eigenvalue weighted by molar-refractivity contribution is -0.141. The Kier molecular flexibility index (Phi) is 6.16. The molecule has 0 aromatic heterocycles. The molecule has 0 spiro atoms. The number of amides is 1. The minimum absolute atomic E-state index is 0.0564. The Bertz CT molecular complexity index is 489. The Hall–Kier alpha value is -1.65. The maximum atomic E-state index is 12.5. The van der Waals surface area contributed by atoms with Gasteiger partial charge in [-0.15, -0.1) is 6.58 Å². The van der Waals surface area contributed by atoms with Gasteiger partial charge in [-0.05, 0) is 31.4 Å². The third kappa shape index (κ3) is 3.96. The highest BCUT2D eigenvalue weighted by molar-refractivity contribution is 5.81. The van der Waals surface area contributed by atoms with Gasteiger partial charge in [0.05, 0.1) is 6.61 Å². The van der Waals surface area contributed by atoms with Crippen LogP contribution >= 0.6 is 0 Å². The predicted molar refractivity (Wildman–Crippen MR) is 88.5 cm³/mol. The fourth-order valence-electron chi connectivity index (χ4n) is 3.02. The first kappa shape index (κ1) is 16.7. The second kappa shape index (κ2) is 8.11. The number of benzene rings is 1. The maximum Gasteiger partial charge on any atom is 0.251 e. The van der Waals surface area contributed by atoms with Gasteiger partial charge in [-0.1, -0.05) is 36.4 Å². The molecule has 3 atom stereocenters. The van der Waals surface area contributed by atoms with E-state index < -0.39 is 6.10 Å². The smallest absolute Gasteiger partial charge is 0.251 e. The molecule has 2 rings (SSSR count). The predicted octanol–water partition coefficient (Wildman–Crippen LogP) is 2.17. The van der Waals surface area contributed by atoms with Crippen LogP contribution in [-0.2, 0) is 9.53 Å². The minimum Gasteiger partial charge on any atom is -0.368 e. The molecule has 1 fully saturated rings. The number of ether oxygens (including phenoxy) is 1. The second-order valence-corrected chi connectivity index (χ2v) is 5.85. The lowest BCUT2D eigenvalue weighted by atomic mass is 9.89. The Balaban J connectivity index is 1.99. The van der Waals surface area contributed by atoms with Crippen molar-refractivity contribution >= 4 is 5.91 Å². The van der Waals surface area contributed by atoms with Crippen LogP contribution in [0, 0.1) is 5.92 Å². The van der Waals surface area contributed by atoms with Crippen molar-refractivity contribution in [1.29, 1.82) is 0 Å². The summed E-state index contributed by atoms with van der Waals surface area (Å²) in [5, 5.41) is 0. The fraction of sp³-hybridized carbons (Fsp3) is 0.500. The Labute approximate surface area is 132 Å². The van der Waals surface area contributed by atoms with Crippen LogP contribution in [0.1, 0.15) is 24.8 Å². The van der Waals surface area contributed by atoms with E-state index in [1.807, 2.05) is 30.0 Å². The van der Waals surface area contributed by atoms with Crippen LogP contribution in [-0.4, -0.2) is 43.2 Å². The van der Waals surface area contributed by atoms with E-state index in [2.05, 4.69) is 18.7 Å². The molecule has 2 N–H and O–H groups in total. The van der Waals surface area contributed by atoms with E-state index in [-0.39, 0.29) is 5.91 Å². The van der Waals surface area contributed by atoms with Crippen molar-refractivity contribution in [2.45, 2.75) is 25.4 Å². The minimum atomic E-state index is -0.409. The highest BCUT2D eigenvalue weighted by Crippen LogP contribution is 2.32. The summed E-state index contributed by atoms with van der Waals surface area (Å²) in [6, 6.07) is 10.3.